The molecule has 1 aromatic heterocycles. The Labute approximate surface area is 157 Å². The predicted octanol–water partition coefficient (Wildman–Crippen LogP) is 6.05. The van der Waals surface area contributed by atoms with Gasteiger partial charge in [0, 0.05) is 34.0 Å². The Kier molecular flexibility index (Phi) is 4.58. The largest absolute Gasteiger partial charge is 0.337 e. The van der Waals surface area contributed by atoms with Crippen LogP contribution in [0, 0.1) is 5.82 Å². The number of benzene rings is 2. The topological polar surface area (TPSA) is 22.0 Å². The van der Waals surface area contributed by atoms with Crippen LogP contribution in [0.5, 0.6) is 0 Å². The highest BCUT2D eigenvalue weighted by Gasteiger charge is 2.29. The van der Waals surface area contributed by atoms with Gasteiger partial charge in [-0.1, -0.05) is 23.7 Å². The number of fused-ring (bicyclic) bond motifs is 3. The van der Waals surface area contributed by atoms with Gasteiger partial charge in [0.25, 0.3) is 0 Å². The second-order valence-electron chi connectivity index (χ2n) is 7.12. The van der Waals surface area contributed by atoms with E-state index in [1.165, 1.54) is 17.3 Å². The number of hydrogen-bond donors (Lipinski definition) is 0. The van der Waals surface area contributed by atoms with Gasteiger partial charge in [-0.25, -0.2) is 4.39 Å². The molecule has 4 rings (SSSR count). The molecule has 1 heterocycles. The zero-order valence-corrected chi connectivity index (χ0v) is 15.5. The maximum Gasteiger partial charge on any atom is 0.123 e. The van der Waals surface area contributed by atoms with Crippen molar-refractivity contribution in [1.29, 1.82) is 0 Å². The second kappa shape index (κ2) is 6.88. The van der Waals surface area contributed by atoms with Crippen LogP contribution in [0.2, 0.25) is 5.02 Å². The van der Waals surface area contributed by atoms with Gasteiger partial charge in [0.2, 0.25) is 0 Å². The SMILES string of the molecule is CC(c1cccc(Cl)c1)n1c2c(c3cc(F)ccc31)CCCC2CC=O. The Morgan fingerprint density at radius 3 is 2.92 bits per heavy atom. The number of carbonyl (C=O) groups is 1. The number of nitrogens with zero attached hydrogens (tertiary/aromatic N) is 1. The number of carbonyl (C=O) groups excluding carboxylic acids is 1. The number of aryl methyl sites for hydroxylation is 1. The lowest BCUT2D eigenvalue weighted by Gasteiger charge is -2.27. The van der Waals surface area contributed by atoms with Crippen molar-refractivity contribution in [2.45, 2.75) is 44.6 Å². The molecule has 26 heavy (non-hydrogen) atoms. The molecule has 0 amide bonds. The predicted molar refractivity (Wildman–Crippen MR) is 104 cm³/mol. The fraction of sp³-hybridized carbons (Fsp3) is 0.318. The number of aromatic nitrogens is 1. The molecule has 2 nitrogen and oxygen atoms in total. The molecule has 0 saturated carbocycles. The van der Waals surface area contributed by atoms with Crippen molar-refractivity contribution >= 4 is 28.8 Å². The van der Waals surface area contributed by atoms with E-state index in [1.807, 2.05) is 24.3 Å². The normalized spacial score (nSPS) is 17.9. The van der Waals surface area contributed by atoms with Crippen molar-refractivity contribution < 1.29 is 9.18 Å². The first kappa shape index (κ1) is 17.3. The van der Waals surface area contributed by atoms with Gasteiger partial charge in [0.05, 0.1) is 6.04 Å². The van der Waals surface area contributed by atoms with Gasteiger partial charge in [0.1, 0.15) is 12.1 Å². The lowest BCUT2D eigenvalue weighted by atomic mass is 9.84. The van der Waals surface area contributed by atoms with Crippen LogP contribution in [-0.4, -0.2) is 10.9 Å². The molecule has 1 aliphatic rings. The van der Waals surface area contributed by atoms with E-state index in [0.29, 0.717) is 11.4 Å². The summed E-state index contributed by atoms with van der Waals surface area (Å²) in [5.41, 5.74) is 4.53. The molecule has 4 heteroatoms. The Morgan fingerprint density at radius 1 is 1.31 bits per heavy atom. The van der Waals surface area contributed by atoms with Crippen LogP contribution < -0.4 is 0 Å². The van der Waals surface area contributed by atoms with Gasteiger partial charge in [-0.2, -0.15) is 0 Å². The second-order valence-corrected chi connectivity index (χ2v) is 7.55. The van der Waals surface area contributed by atoms with E-state index in [0.717, 1.165) is 42.0 Å². The highest BCUT2D eigenvalue weighted by Crippen LogP contribution is 2.42. The van der Waals surface area contributed by atoms with Crippen LogP contribution >= 0.6 is 11.6 Å². The van der Waals surface area contributed by atoms with E-state index in [-0.39, 0.29) is 17.8 Å². The molecule has 0 bridgehead atoms. The van der Waals surface area contributed by atoms with Crippen molar-refractivity contribution in [3.63, 3.8) is 0 Å². The summed E-state index contributed by atoms with van der Waals surface area (Å²) in [5.74, 6) is -0.0290. The minimum atomic E-state index is -0.217. The minimum Gasteiger partial charge on any atom is -0.337 e. The third kappa shape index (κ3) is 2.84. The van der Waals surface area contributed by atoms with Crippen molar-refractivity contribution in [3.8, 4) is 0 Å². The Balaban J connectivity index is 1.98. The molecule has 2 aromatic carbocycles. The first-order valence-electron chi connectivity index (χ1n) is 9.11. The first-order chi connectivity index (χ1) is 12.6. The molecule has 134 valence electrons. The number of halogens is 2. The summed E-state index contributed by atoms with van der Waals surface area (Å²) in [6.07, 6.45) is 4.47. The summed E-state index contributed by atoms with van der Waals surface area (Å²) in [7, 11) is 0. The van der Waals surface area contributed by atoms with E-state index >= 15 is 0 Å². The van der Waals surface area contributed by atoms with Crippen LogP contribution in [0.15, 0.2) is 42.5 Å². The summed E-state index contributed by atoms with van der Waals surface area (Å²) >= 11 is 6.21. The van der Waals surface area contributed by atoms with Gasteiger partial charge in [-0.05, 0) is 67.6 Å². The summed E-state index contributed by atoms with van der Waals surface area (Å²) < 4.78 is 16.2. The van der Waals surface area contributed by atoms with Gasteiger partial charge in [-0.3, -0.25) is 0 Å². The smallest absolute Gasteiger partial charge is 0.123 e. The minimum absolute atomic E-state index is 0.0534. The Bertz CT molecular complexity index is 978. The fourth-order valence-electron chi connectivity index (χ4n) is 4.42. The molecule has 1 aliphatic carbocycles. The Morgan fingerprint density at radius 2 is 2.15 bits per heavy atom. The number of aldehydes is 1. The van der Waals surface area contributed by atoms with E-state index < -0.39 is 0 Å². The number of rotatable bonds is 4. The highest BCUT2D eigenvalue weighted by atomic mass is 35.5. The standard InChI is InChI=1S/C22H21ClFNO/c1-14(16-5-2-6-17(23)12-16)25-21-9-8-18(24)13-20(21)19-7-3-4-15(10-11-26)22(19)25/h2,5-6,8-9,11-15H,3-4,7,10H2,1H3. The molecule has 2 unspecified atom stereocenters. The molecule has 0 radical (unpaired) electrons. The molecule has 0 N–H and O–H groups in total. The summed E-state index contributed by atoms with van der Waals surface area (Å²) in [6.45, 7) is 2.14. The van der Waals surface area contributed by atoms with Gasteiger partial charge in [-0.15, -0.1) is 0 Å². The lowest BCUT2D eigenvalue weighted by Crippen LogP contribution is -2.17. The molecule has 0 spiro atoms. The quantitative estimate of drug-likeness (QED) is 0.513. The van der Waals surface area contributed by atoms with Crippen molar-refractivity contribution in [2.24, 2.45) is 0 Å². The van der Waals surface area contributed by atoms with Gasteiger partial charge < -0.3 is 9.36 Å². The van der Waals surface area contributed by atoms with Crippen molar-refractivity contribution in [1.82, 2.24) is 4.57 Å². The van der Waals surface area contributed by atoms with E-state index in [4.69, 9.17) is 11.6 Å². The summed E-state index contributed by atoms with van der Waals surface area (Å²) in [5, 5.41) is 1.68. The first-order valence-corrected chi connectivity index (χ1v) is 9.49. The molecular formula is C22H21ClFNO. The maximum absolute atomic E-state index is 14.0. The fourth-order valence-corrected chi connectivity index (χ4v) is 4.62. The average molecular weight is 370 g/mol. The number of hydrogen-bond acceptors (Lipinski definition) is 1. The van der Waals surface area contributed by atoms with Crippen LogP contribution in [0.3, 0.4) is 0 Å². The van der Waals surface area contributed by atoms with Crippen molar-refractivity contribution in [3.05, 3.63) is 70.1 Å². The zero-order valence-electron chi connectivity index (χ0n) is 14.7. The van der Waals surface area contributed by atoms with Crippen LogP contribution in [0.1, 0.15) is 55.0 Å². The maximum atomic E-state index is 14.0. The van der Waals surface area contributed by atoms with E-state index in [1.54, 1.807) is 6.07 Å². The van der Waals surface area contributed by atoms with E-state index in [2.05, 4.69) is 17.6 Å². The zero-order chi connectivity index (χ0) is 18.3. The van der Waals surface area contributed by atoms with Crippen LogP contribution in [0.25, 0.3) is 10.9 Å². The highest BCUT2D eigenvalue weighted by molar-refractivity contribution is 6.30. The molecule has 3 aromatic rings. The van der Waals surface area contributed by atoms with Gasteiger partial charge in [0.15, 0.2) is 0 Å². The van der Waals surface area contributed by atoms with Crippen molar-refractivity contribution in [2.75, 3.05) is 0 Å². The van der Waals surface area contributed by atoms with E-state index in [9.17, 15) is 9.18 Å². The molecular weight excluding hydrogens is 349 g/mol. The lowest BCUT2D eigenvalue weighted by molar-refractivity contribution is -0.108. The third-order valence-corrected chi connectivity index (χ3v) is 5.81. The van der Waals surface area contributed by atoms with Crippen LogP contribution in [-0.2, 0) is 11.2 Å². The Hall–Kier alpha value is -2.13. The molecule has 0 saturated heterocycles. The summed E-state index contributed by atoms with van der Waals surface area (Å²) in [4.78, 5) is 11.3. The molecule has 0 fully saturated rings. The molecule has 0 aliphatic heterocycles. The summed E-state index contributed by atoms with van der Waals surface area (Å²) in [6, 6.07) is 12.9. The monoisotopic (exact) mass is 369 g/mol. The third-order valence-electron chi connectivity index (χ3n) is 5.58. The molecule has 2 atom stereocenters. The average Bonchev–Trinajstić information content (AvgIpc) is 2.96. The van der Waals surface area contributed by atoms with Gasteiger partial charge >= 0.3 is 0 Å². The van der Waals surface area contributed by atoms with Crippen LogP contribution in [0.4, 0.5) is 4.39 Å².